The number of fused-ring (bicyclic) bond motifs is 1. The van der Waals surface area contributed by atoms with Crippen molar-refractivity contribution in [3.05, 3.63) is 89.9 Å². The van der Waals surface area contributed by atoms with Crippen LogP contribution >= 0.6 is 0 Å². The molecule has 1 heterocycles. The molecule has 7 heteroatoms. The number of para-hydroxylation sites is 2. The number of anilines is 2. The topological polar surface area (TPSA) is 80.6 Å². The van der Waals surface area contributed by atoms with Gasteiger partial charge in [0.05, 0.1) is 12.3 Å². The predicted molar refractivity (Wildman–Crippen MR) is 116 cm³/mol. The summed E-state index contributed by atoms with van der Waals surface area (Å²) in [6, 6.07) is 19.4. The first-order valence-corrected chi connectivity index (χ1v) is 9.68. The van der Waals surface area contributed by atoms with Crippen molar-refractivity contribution < 1.29 is 23.1 Å². The fourth-order valence-electron chi connectivity index (χ4n) is 3.13. The molecule has 4 aromatic rings. The highest BCUT2D eigenvalue weighted by atomic mass is 19.1. The van der Waals surface area contributed by atoms with Gasteiger partial charge in [0, 0.05) is 10.9 Å². The van der Waals surface area contributed by atoms with Crippen molar-refractivity contribution in [1.29, 1.82) is 0 Å². The summed E-state index contributed by atoms with van der Waals surface area (Å²) in [6.07, 6.45) is 0. The molecule has 0 atom stereocenters. The normalized spacial score (nSPS) is 10.6. The van der Waals surface area contributed by atoms with E-state index >= 15 is 0 Å². The Labute approximate surface area is 177 Å². The molecule has 4 rings (SSSR count). The number of hydrogen-bond donors (Lipinski definition) is 2. The lowest BCUT2D eigenvalue weighted by Crippen LogP contribution is -2.17. The predicted octanol–water partition coefficient (Wildman–Crippen LogP) is 5.48. The molecule has 2 amide bonds. The lowest BCUT2D eigenvalue weighted by Gasteiger charge is -2.09. The van der Waals surface area contributed by atoms with Crippen LogP contribution in [0.1, 0.15) is 27.8 Å². The lowest BCUT2D eigenvalue weighted by molar-refractivity contribution is 0.0999. The second-order valence-electron chi connectivity index (χ2n) is 6.65. The number of nitrogens with one attached hydrogen (secondary N) is 2. The maximum absolute atomic E-state index is 14.0. The molecule has 6 nitrogen and oxygen atoms in total. The Hall–Kier alpha value is -4.13. The zero-order valence-electron chi connectivity index (χ0n) is 16.6. The van der Waals surface area contributed by atoms with Crippen LogP contribution in [0.2, 0.25) is 0 Å². The molecular weight excluding hydrogens is 399 g/mol. The number of halogens is 1. The number of amides is 2. The Kier molecular flexibility index (Phi) is 5.66. The minimum Gasteiger partial charge on any atom is -0.494 e. The van der Waals surface area contributed by atoms with Crippen LogP contribution in [0.4, 0.5) is 15.8 Å². The fourth-order valence-corrected chi connectivity index (χ4v) is 3.13. The first-order valence-electron chi connectivity index (χ1n) is 9.68. The molecule has 0 aliphatic heterocycles. The Balaban J connectivity index is 1.65. The van der Waals surface area contributed by atoms with Gasteiger partial charge in [0.15, 0.2) is 0 Å². The van der Waals surface area contributed by atoms with Crippen molar-refractivity contribution in [2.75, 3.05) is 17.2 Å². The molecule has 2 N–H and O–H groups in total. The standard InChI is InChI=1S/C24H19FN2O4/c1-2-30-16-13-11-15(12-14-16)23(28)27-21-17-7-3-6-10-20(17)31-22(21)24(29)26-19-9-5-4-8-18(19)25/h3-14H,2H2,1H3,(H,26,29)(H,27,28). The molecule has 3 aromatic carbocycles. The number of rotatable bonds is 6. The highest BCUT2D eigenvalue weighted by Gasteiger charge is 2.23. The number of ether oxygens (including phenoxy) is 1. The van der Waals surface area contributed by atoms with Crippen LogP contribution in [0.15, 0.2) is 77.2 Å². The first kappa shape index (κ1) is 20.2. The summed E-state index contributed by atoms with van der Waals surface area (Å²) in [4.78, 5) is 25.7. The van der Waals surface area contributed by atoms with Gasteiger partial charge in [0.1, 0.15) is 22.8 Å². The summed E-state index contributed by atoms with van der Waals surface area (Å²) in [6.45, 7) is 2.39. The van der Waals surface area contributed by atoms with Gasteiger partial charge in [-0.25, -0.2) is 4.39 Å². The molecule has 156 valence electrons. The number of carbonyl (C=O) groups is 2. The summed E-state index contributed by atoms with van der Waals surface area (Å²) in [5.41, 5.74) is 1.03. The lowest BCUT2D eigenvalue weighted by atomic mass is 10.1. The molecule has 0 aliphatic rings. The molecule has 0 fully saturated rings. The highest BCUT2D eigenvalue weighted by molar-refractivity contribution is 6.16. The van der Waals surface area contributed by atoms with E-state index in [1.165, 1.54) is 18.2 Å². The highest BCUT2D eigenvalue weighted by Crippen LogP contribution is 2.32. The molecule has 0 unspecified atom stereocenters. The quantitative estimate of drug-likeness (QED) is 0.435. The van der Waals surface area contributed by atoms with E-state index in [9.17, 15) is 14.0 Å². The number of hydrogen-bond acceptors (Lipinski definition) is 4. The molecule has 0 radical (unpaired) electrons. The van der Waals surface area contributed by atoms with Gasteiger partial charge in [0.25, 0.3) is 11.8 Å². The molecule has 0 spiro atoms. The third-order valence-electron chi connectivity index (χ3n) is 4.59. The molecule has 0 aliphatic carbocycles. The molecule has 31 heavy (non-hydrogen) atoms. The molecule has 0 saturated heterocycles. The van der Waals surface area contributed by atoms with Crippen molar-refractivity contribution in [2.24, 2.45) is 0 Å². The summed E-state index contributed by atoms with van der Waals surface area (Å²) >= 11 is 0. The van der Waals surface area contributed by atoms with Crippen LogP contribution in [0.25, 0.3) is 11.0 Å². The SMILES string of the molecule is CCOc1ccc(C(=O)Nc2c(C(=O)Nc3ccccc3F)oc3ccccc23)cc1. The smallest absolute Gasteiger partial charge is 0.293 e. The molecule has 1 aromatic heterocycles. The molecular formula is C24H19FN2O4. The van der Waals surface area contributed by atoms with E-state index in [0.29, 0.717) is 28.9 Å². The Bertz CT molecular complexity index is 1250. The van der Waals surface area contributed by atoms with E-state index in [1.54, 1.807) is 54.6 Å². The molecule has 0 saturated carbocycles. The third kappa shape index (κ3) is 4.25. The van der Waals surface area contributed by atoms with E-state index in [2.05, 4.69) is 10.6 Å². The van der Waals surface area contributed by atoms with E-state index in [4.69, 9.17) is 9.15 Å². The second kappa shape index (κ2) is 8.71. The van der Waals surface area contributed by atoms with Crippen molar-refractivity contribution in [3.8, 4) is 5.75 Å². The zero-order valence-corrected chi connectivity index (χ0v) is 16.6. The Morgan fingerprint density at radius 2 is 1.61 bits per heavy atom. The van der Waals surface area contributed by atoms with Crippen molar-refractivity contribution >= 4 is 34.2 Å². The van der Waals surface area contributed by atoms with Crippen molar-refractivity contribution in [3.63, 3.8) is 0 Å². The third-order valence-corrected chi connectivity index (χ3v) is 4.59. The second-order valence-corrected chi connectivity index (χ2v) is 6.65. The van der Waals surface area contributed by atoms with Gasteiger partial charge in [-0.3, -0.25) is 9.59 Å². The van der Waals surface area contributed by atoms with Crippen LogP contribution in [0, 0.1) is 5.82 Å². The van der Waals surface area contributed by atoms with E-state index < -0.39 is 17.6 Å². The van der Waals surface area contributed by atoms with Crippen LogP contribution in [0.3, 0.4) is 0 Å². The maximum Gasteiger partial charge on any atom is 0.293 e. The fraction of sp³-hybridized carbons (Fsp3) is 0.0833. The van der Waals surface area contributed by atoms with Crippen LogP contribution in [-0.4, -0.2) is 18.4 Å². The van der Waals surface area contributed by atoms with Crippen molar-refractivity contribution in [1.82, 2.24) is 0 Å². The average molecular weight is 418 g/mol. The average Bonchev–Trinajstić information content (AvgIpc) is 3.14. The summed E-state index contributed by atoms with van der Waals surface area (Å²) in [7, 11) is 0. The van der Waals surface area contributed by atoms with Gasteiger partial charge >= 0.3 is 0 Å². The van der Waals surface area contributed by atoms with Gasteiger partial charge < -0.3 is 19.8 Å². The number of carbonyl (C=O) groups excluding carboxylic acids is 2. The van der Waals surface area contributed by atoms with Crippen LogP contribution in [-0.2, 0) is 0 Å². The minimum absolute atomic E-state index is 0.0109. The summed E-state index contributed by atoms with van der Waals surface area (Å²) in [5.74, 6) is -1.15. The largest absolute Gasteiger partial charge is 0.494 e. The minimum atomic E-state index is -0.678. The Morgan fingerprint density at radius 3 is 2.35 bits per heavy atom. The van der Waals surface area contributed by atoms with Gasteiger partial charge in [-0.1, -0.05) is 24.3 Å². The van der Waals surface area contributed by atoms with E-state index in [1.807, 2.05) is 6.92 Å². The van der Waals surface area contributed by atoms with E-state index in [-0.39, 0.29) is 17.1 Å². The first-order chi connectivity index (χ1) is 15.1. The zero-order chi connectivity index (χ0) is 21.8. The summed E-state index contributed by atoms with van der Waals surface area (Å²) in [5, 5.41) is 5.80. The molecule has 0 bridgehead atoms. The number of furan rings is 1. The van der Waals surface area contributed by atoms with Gasteiger partial charge in [-0.2, -0.15) is 0 Å². The van der Waals surface area contributed by atoms with Gasteiger partial charge in [-0.05, 0) is 55.5 Å². The maximum atomic E-state index is 14.0. The van der Waals surface area contributed by atoms with Gasteiger partial charge in [0.2, 0.25) is 5.76 Å². The van der Waals surface area contributed by atoms with Crippen LogP contribution < -0.4 is 15.4 Å². The van der Waals surface area contributed by atoms with Crippen LogP contribution in [0.5, 0.6) is 5.75 Å². The number of benzene rings is 3. The van der Waals surface area contributed by atoms with Crippen molar-refractivity contribution in [2.45, 2.75) is 6.92 Å². The Morgan fingerprint density at radius 1 is 0.903 bits per heavy atom. The van der Waals surface area contributed by atoms with Gasteiger partial charge in [-0.15, -0.1) is 0 Å². The summed E-state index contributed by atoms with van der Waals surface area (Å²) < 4.78 is 25.0. The van der Waals surface area contributed by atoms with E-state index in [0.717, 1.165) is 0 Å². The monoisotopic (exact) mass is 418 g/mol.